The summed E-state index contributed by atoms with van der Waals surface area (Å²) in [6.45, 7) is 0. The van der Waals surface area contributed by atoms with Gasteiger partial charge in [-0.15, -0.1) is 0 Å². The van der Waals surface area contributed by atoms with Crippen molar-refractivity contribution in [2.45, 2.75) is 0 Å². The van der Waals surface area contributed by atoms with E-state index in [9.17, 15) is 28.0 Å². The average Bonchev–Trinajstić information content (AvgIpc) is 2.94. The zero-order valence-electron chi connectivity index (χ0n) is 21.2. The molecule has 0 saturated carbocycles. The third-order valence-electron chi connectivity index (χ3n) is 5.59. The zero-order chi connectivity index (χ0) is 31.4. The molecule has 220 valence electrons. The predicted octanol–water partition coefficient (Wildman–Crippen LogP) is 9.30. The molecule has 0 bridgehead atoms. The van der Waals surface area contributed by atoms with E-state index >= 15 is 0 Å². The Balaban J connectivity index is 1.91. The number of hydrazine groups is 1. The van der Waals surface area contributed by atoms with Crippen LogP contribution in [-0.4, -0.2) is 33.9 Å². The minimum Gasteiger partial charge on any atom is -0.306 e. The average molecular weight is 731 g/mol. The third kappa shape index (κ3) is 7.26. The van der Waals surface area contributed by atoms with E-state index in [4.69, 9.17) is 46.4 Å². The van der Waals surface area contributed by atoms with Gasteiger partial charge in [0.2, 0.25) is 0 Å². The first-order valence-corrected chi connectivity index (χ1v) is 14.1. The number of rotatable bonds is 4. The van der Waals surface area contributed by atoms with Crippen molar-refractivity contribution in [3.05, 3.63) is 126 Å². The lowest BCUT2D eigenvalue weighted by Gasteiger charge is -2.32. The summed E-state index contributed by atoms with van der Waals surface area (Å²) in [6.07, 6.45) is 0. The summed E-state index contributed by atoms with van der Waals surface area (Å²) in [5, 5.41) is 3.66. The van der Waals surface area contributed by atoms with E-state index in [1.165, 1.54) is 48.5 Å². The van der Waals surface area contributed by atoms with Gasteiger partial charge in [0.25, 0.3) is 11.8 Å². The Morgan fingerprint density at radius 3 is 1.51 bits per heavy atom. The second-order valence-electron chi connectivity index (χ2n) is 8.42. The molecule has 0 aliphatic carbocycles. The number of halogens is 7. The fourth-order valence-electron chi connectivity index (χ4n) is 3.63. The number of hydrogen-bond donors (Lipinski definition) is 2. The van der Waals surface area contributed by atoms with Crippen molar-refractivity contribution in [3.63, 3.8) is 0 Å². The third-order valence-corrected chi connectivity index (χ3v) is 7.38. The molecule has 0 heterocycles. The number of carbonyl (C=O) groups is 4. The number of nitrogens with zero attached hydrogens (tertiary/aromatic N) is 2. The second-order valence-corrected chi connectivity index (χ2v) is 11.0. The van der Waals surface area contributed by atoms with Gasteiger partial charge in [-0.3, -0.25) is 9.59 Å². The summed E-state index contributed by atoms with van der Waals surface area (Å²) in [6, 6.07) is 13.3. The molecule has 8 nitrogen and oxygen atoms in total. The van der Waals surface area contributed by atoms with E-state index in [1.54, 1.807) is 12.1 Å². The lowest BCUT2D eigenvalue weighted by Crippen LogP contribution is -2.58. The molecule has 15 heteroatoms. The molecule has 4 rings (SSSR count). The summed E-state index contributed by atoms with van der Waals surface area (Å²) < 4.78 is 28.7. The molecule has 43 heavy (non-hydrogen) atoms. The van der Waals surface area contributed by atoms with Gasteiger partial charge in [0.05, 0.1) is 36.9 Å². The Kier molecular flexibility index (Phi) is 10.3. The van der Waals surface area contributed by atoms with Crippen molar-refractivity contribution < 1.29 is 28.0 Å². The molecule has 0 unspecified atom stereocenters. The van der Waals surface area contributed by atoms with Crippen LogP contribution in [0.4, 0.5) is 29.7 Å². The molecule has 4 aromatic rings. The van der Waals surface area contributed by atoms with Gasteiger partial charge in [0, 0.05) is 16.2 Å². The summed E-state index contributed by atoms with van der Waals surface area (Å²) in [5.41, 5.74) is -1.39. The maximum absolute atomic E-state index is 14.5. The number of amides is 6. The number of benzene rings is 4. The Labute approximate surface area is 271 Å². The molecule has 2 N–H and O–H groups in total. The summed E-state index contributed by atoms with van der Waals surface area (Å²) in [5.74, 6) is -4.89. The Hall–Kier alpha value is -3.74. The van der Waals surface area contributed by atoms with Gasteiger partial charge in [-0.25, -0.2) is 18.4 Å². The minimum absolute atomic E-state index is 0.0477. The highest BCUT2D eigenvalue weighted by Crippen LogP contribution is 2.31. The SMILES string of the molecule is O=C(Nc1ccc(Br)cc1)N(C(=O)c1c(Cl)cccc1Cl)N(C(=O)Nc1ccc(F)cc1F)C(=O)c1c(Cl)cccc1Cl. The summed E-state index contributed by atoms with van der Waals surface area (Å²) in [4.78, 5) is 55.5. The minimum atomic E-state index is -1.53. The second kappa shape index (κ2) is 13.7. The van der Waals surface area contributed by atoms with Crippen LogP contribution in [0, 0.1) is 11.6 Å². The number of imide groups is 2. The van der Waals surface area contributed by atoms with Crippen LogP contribution in [0.3, 0.4) is 0 Å². The largest absolute Gasteiger partial charge is 0.348 e. The van der Waals surface area contributed by atoms with Gasteiger partial charge in [0.15, 0.2) is 0 Å². The first-order valence-electron chi connectivity index (χ1n) is 11.8. The number of anilines is 2. The van der Waals surface area contributed by atoms with Crippen molar-refractivity contribution in [2.24, 2.45) is 0 Å². The highest BCUT2D eigenvalue weighted by Gasteiger charge is 2.41. The van der Waals surface area contributed by atoms with Crippen LogP contribution in [0.1, 0.15) is 20.7 Å². The normalized spacial score (nSPS) is 10.6. The molecular formula is C28H15BrCl4F2N4O4. The van der Waals surface area contributed by atoms with E-state index < -0.39 is 52.3 Å². The predicted molar refractivity (Wildman–Crippen MR) is 164 cm³/mol. The molecule has 4 aromatic carbocycles. The molecule has 0 aliphatic rings. The van der Waals surface area contributed by atoms with Crippen LogP contribution < -0.4 is 10.6 Å². The van der Waals surface area contributed by atoms with Gasteiger partial charge < -0.3 is 10.6 Å². The van der Waals surface area contributed by atoms with Crippen molar-refractivity contribution in [3.8, 4) is 0 Å². The topological polar surface area (TPSA) is 98.8 Å². The van der Waals surface area contributed by atoms with Gasteiger partial charge in [0.1, 0.15) is 11.6 Å². The summed E-state index contributed by atoms with van der Waals surface area (Å²) >= 11 is 28.2. The van der Waals surface area contributed by atoms with Gasteiger partial charge >= 0.3 is 12.1 Å². The summed E-state index contributed by atoms with van der Waals surface area (Å²) in [7, 11) is 0. The first-order chi connectivity index (χ1) is 20.4. The van der Waals surface area contributed by atoms with Crippen molar-refractivity contribution >= 4 is 97.6 Å². The maximum Gasteiger partial charge on any atom is 0.348 e. The van der Waals surface area contributed by atoms with E-state index in [-0.39, 0.29) is 35.8 Å². The number of carbonyl (C=O) groups excluding carboxylic acids is 4. The van der Waals surface area contributed by atoms with Crippen LogP contribution in [-0.2, 0) is 0 Å². The van der Waals surface area contributed by atoms with E-state index in [1.807, 2.05) is 0 Å². The van der Waals surface area contributed by atoms with Gasteiger partial charge in [-0.2, -0.15) is 10.0 Å². The van der Waals surface area contributed by atoms with Gasteiger partial charge in [-0.05, 0) is 60.7 Å². The van der Waals surface area contributed by atoms with E-state index in [0.29, 0.717) is 10.5 Å². The molecule has 0 saturated heterocycles. The molecule has 0 radical (unpaired) electrons. The fraction of sp³-hybridized carbons (Fsp3) is 0. The molecule has 0 fully saturated rings. The number of urea groups is 2. The van der Waals surface area contributed by atoms with Crippen molar-refractivity contribution in [1.82, 2.24) is 10.0 Å². The quantitative estimate of drug-likeness (QED) is 0.205. The Bertz CT molecular complexity index is 1720. The standard InChI is InChI=1S/C28H15BrCl4F2N4O4/c29-14-7-10-16(11-8-14)36-27(42)38(25(40)23-17(30)3-1-4-18(23)31)39(26(41)24-19(32)5-2-6-20(24)33)28(43)37-22-12-9-15(34)13-21(22)35/h1-13H,(H,36,42)(H,37,43). The number of nitrogens with one attached hydrogen (secondary N) is 2. The number of hydrogen-bond acceptors (Lipinski definition) is 4. The molecule has 0 aromatic heterocycles. The maximum atomic E-state index is 14.5. The zero-order valence-corrected chi connectivity index (χ0v) is 25.8. The molecule has 6 amide bonds. The molecular weight excluding hydrogens is 716 g/mol. The Morgan fingerprint density at radius 1 is 0.628 bits per heavy atom. The van der Waals surface area contributed by atoms with Crippen molar-refractivity contribution in [1.29, 1.82) is 0 Å². The van der Waals surface area contributed by atoms with Crippen LogP contribution >= 0.6 is 62.3 Å². The van der Waals surface area contributed by atoms with Crippen LogP contribution in [0.5, 0.6) is 0 Å². The highest BCUT2D eigenvalue weighted by atomic mass is 79.9. The monoisotopic (exact) mass is 728 g/mol. The first kappa shape index (κ1) is 32.2. The lowest BCUT2D eigenvalue weighted by atomic mass is 10.2. The molecule has 0 aliphatic heterocycles. The fourth-order valence-corrected chi connectivity index (χ4v) is 5.02. The Morgan fingerprint density at radius 2 is 1.07 bits per heavy atom. The van der Waals surface area contributed by atoms with Crippen LogP contribution in [0.25, 0.3) is 0 Å². The van der Waals surface area contributed by atoms with Crippen LogP contribution in [0.2, 0.25) is 20.1 Å². The van der Waals surface area contributed by atoms with Crippen LogP contribution in [0.15, 0.2) is 83.3 Å². The molecule has 0 spiro atoms. The van der Waals surface area contributed by atoms with Crippen molar-refractivity contribution in [2.75, 3.05) is 10.6 Å². The van der Waals surface area contributed by atoms with E-state index in [2.05, 4.69) is 26.6 Å². The van der Waals surface area contributed by atoms with E-state index in [0.717, 1.165) is 12.1 Å². The van der Waals surface area contributed by atoms with Gasteiger partial charge in [-0.1, -0.05) is 74.5 Å². The highest BCUT2D eigenvalue weighted by molar-refractivity contribution is 9.10. The smallest absolute Gasteiger partial charge is 0.306 e. The molecule has 0 atom stereocenters. The lowest BCUT2D eigenvalue weighted by molar-refractivity contribution is 0.0314.